The Kier molecular flexibility index (Phi) is 2.72. The van der Waals surface area contributed by atoms with Crippen LogP contribution in [0.1, 0.15) is 15.9 Å². The SMILES string of the molecule is O=C1C(=Cc2c[nH]c3ccc(Br)cc23)Oc2ccccc21. The van der Waals surface area contributed by atoms with E-state index in [0.29, 0.717) is 17.1 Å². The van der Waals surface area contributed by atoms with E-state index in [1.807, 2.05) is 36.5 Å². The van der Waals surface area contributed by atoms with Crippen LogP contribution in [-0.4, -0.2) is 10.8 Å². The Morgan fingerprint density at radius 1 is 1.14 bits per heavy atom. The summed E-state index contributed by atoms with van der Waals surface area (Å²) in [7, 11) is 0. The monoisotopic (exact) mass is 339 g/mol. The van der Waals surface area contributed by atoms with E-state index in [1.165, 1.54) is 0 Å². The van der Waals surface area contributed by atoms with Gasteiger partial charge in [-0.3, -0.25) is 4.79 Å². The molecule has 102 valence electrons. The Balaban J connectivity index is 1.82. The van der Waals surface area contributed by atoms with Crippen molar-refractivity contribution in [3.8, 4) is 5.75 Å². The average molecular weight is 340 g/mol. The average Bonchev–Trinajstić information content (AvgIpc) is 3.02. The van der Waals surface area contributed by atoms with Crippen molar-refractivity contribution in [3.63, 3.8) is 0 Å². The van der Waals surface area contributed by atoms with E-state index in [-0.39, 0.29) is 5.78 Å². The second-order valence-electron chi connectivity index (χ2n) is 4.87. The Morgan fingerprint density at radius 3 is 2.86 bits per heavy atom. The summed E-state index contributed by atoms with van der Waals surface area (Å²) in [6.45, 7) is 0. The van der Waals surface area contributed by atoms with E-state index in [4.69, 9.17) is 4.74 Å². The summed E-state index contributed by atoms with van der Waals surface area (Å²) in [5.74, 6) is 0.904. The number of Topliss-reactive ketones (excluding diaryl/α,β-unsaturated/α-hetero) is 1. The van der Waals surface area contributed by atoms with Crippen molar-refractivity contribution in [2.45, 2.75) is 0 Å². The molecule has 0 bridgehead atoms. The lowest BCUT2D eigenvalue weighted by Crippen LogP contribution is -1.97. The number of carbonyl (C=O) groups excluding carboxylic acids is 1. The van der Waals surface area contributed by atoms with Gasteiger partial charge in [0.05, 0.1) is 5.56 Å². The number of benzene rings is 2. The Labute approximate surface area is 129 Å². The van der Waals surface area contributed by atoms with Gasteiger partial charge in [0.25, 0.3) is 0 Å². The number of aromatic nitrogens is 1. The zero-order chi connectivity index (χ0) is 14.4. The summed E-state index contributed by atoms with van der Waals surface area (Å²) >= 11 is 3.47. The first-order valence-electron chi connectivity index (χ1n) is 6.52. The summed E-state index contributed by atoms with van der Waals surface area (Å²) < 4.78 is 6.65. The van der Waals surface area contributed by atoms with Crippen LogP contribution in [0.5, 0.6) is 5.75 Å². The van der Waals surface area contributed by atoms with Crippen LogP contribution in [0.4, 0.5) is 0 Å². The minimum absolute atomic E-state index is 0.0741. The van der Waals surface area contributed by atoms with E-state index in [9.17, 15) is 4.79 Å². The van der Waals surface area contributed by atoms with Gasteiger partial charge in [0, 0.05) is 27.1 Å². The van der Waals surface area contributed by atoms with Gasteiger partial charge in [-0.2, -0.15) is 0 Å². The number of ketones is 1. The van der Waals surface area contributed by atoms with Gasteiger partial charge >= 0.3 is 0 Å². The van der Waals surface area contributed by atoms with Crippen molar-refractivity contribution >= 4 is 38.7 Å². The van der Waals surface area contributed by atoms with Crippen LogP contribution >= 0.6 is 15.9 Å². The highest BCUT2D eigenvalue weighted by atomic mass is 79.9. The molecule has 21 heavy (non-hydrogen) atoms. The van der Waals surface area contributed by atoms with E-state index in [2.05, 4.69) is 20.9 Å². The number of ether oxygens (including phenoxy) is 1. The lowest BCUT2D eigenvalue weighted by Gasteiger charge is -1.98. The van der Waals surface area contributed by atoms with Gasteiger partial charge in [-0.15, -0.1) is 0 Å². The summed E-state index contributed by atoms with van der Waals surface area (Å²) in [5.41, 5.74) is 2.57. The third-order valence-corrected chi connectivity index (χ3v) is 4.03. The van der Waals surface area contributed by atoms with Gasteiger partial charge in [-0.25, -0.2) is 0 Å². The van der Waals surface area contributed by atoms with E-state index < -0.39 is 0 Å². The molecule has 0 saturated heterocycles. The third-order valence-electron chi connectivity index (χ3n) is 3.54. The van der Waals surface area contributed by atoms with Gasteiger partial charge in [-0.05, 0) is 36.4 Å². The van der Waals surface area contributed by atoms with Crippen molar-refractivity contribution in [2.75, 3.05) is 0 Å². The fourth-order valence-corrected chi connectivity index (χ4v) is 2.87. The lowest BCUT2D eigenvalue weighted by molar-refractivity contribution is 0.101. The van der Waals surface area contributed by atoms with E-state index in [1.54, 1.807) is 18.2 Å². The Morgan fingerprint density at radius 2 is 2.00 bits per heavy atom. The molecule has 4 heteroatoms. The van der Waals surface area contributed by atoms with Gasteiger partial charge in [0.1, 0.15) is 5.75 Å². The number of hydrogen-bond donors (Lipinski definition) is 1. The number of H-pyrrole nitrogens is 1. The largest absolute Gasteiger partial charge is 0.452 e. The predicted molar refractivity (Wildman–Crippen MR) is 85.4 cm³/mol. The highest BCUT2D eigenvalue weighted by molar-refractivity contribution is 9.10. The number of para-hydroxylation sites is 1. The van der Waals surface area contributed by atoms with Gasteiger partial charge in [-0.1, -0.05) is 28.1 Å². The fourth-order valence-electron chi connectivity index (χ4n) is 2.51. The summed E-state index contributed by atoms with van der Waals surface area (Å²) in [6, 6.07) is 13.3. The van der Waals surface area contributed by atoms with Crippen LogP contribution in [0.2, 0.25) is 0 Å². The highest BCUT2D eigenvalue weighted by Crippen LogP contribution is 2.32. The van der Waals surface area contributed by atoms with Crippen molar-refractivity contribution < 1.29 is 9.53 Å². The van der Waals surface area contributed by atoms with Gasteiger partial charge < -0.3 is 9.72 Å². The number of aromatic amines is 1. The smallest absolute Gasteiger partial charge is 0.231 e. The topological polar surface area (TPSA) is 42.1 Å². The second-order valence-corrected chi connectivity index (χ2v) is 5.79. The number of carbonyl (C=O) groups is 1. The van der Waals surface area contributed by atoms with Crippen LogP contribution in [-0.2, 0) is 0 Å². The molecule has 3 nitrogen and oxygen atoms in total. The molecule has 4 rings (SSSR count). The second kappa shape index (κ2) is 4.60. The molecule has 1 aliphatic heterocycles. The maximum absolute atomic E-state index is 12.3. The van der Waals surface area contributed by atoms with Crippen molar-refractivity contribution in [3.05, 3.63) is 70.0 Å². The van der Waals surface area contributed by atoms with E-state index >= 15 is 0 Å². The Bertz CT molecular complexity index is 908. The summed E-state index contributed by atoms with van der Waals surface area (Å²) in [4.78, 5) is 15.5. The summed E-state index contributed by atoms with van der Waals surface area (Å²) in [5, 5.41) is 1.05. The number of nitrogens with one attached hydrogen (secondary N) is 1. The maximum atomic E-state index is 12.3. The zero-order valence-corrected chi connectivity index (χ0v) is 12.5. The lowest BCUT2D eigenvalue weighted by atomic mass is 10.1. The maximum Gasteiger partial charge on any atom is 0.231 e. The molecule has 2 heterocycles. The molecule has 0 unspecified atom stereocenters. The molecule has 0 radical (unpaired) electrons. The molecule has 0 fully saturated rings. The normalized spacial score (nSPS) is 15.5. The molecule has 1 N–H and O–H groups in total. The van der Waals surface area contributed by atoms with Gasteiger partial charge in [0.2, 0.25) is 5.78 Å². The quantitative estimate of drug-likeness (QED) is 0.661. The van der Waals surface area contributed by atoms with E-state index in [0.717, 1.165) is 20.9 Å². The van der Waals surface area contributed by atoms with Crippen LogP contribution in [0.3, 0.4) is 0 Å². The minimum Gasteiger partial charge on any atom is -0.452 e. The van der Waals surface area contributed by atoms with Crippen LogP contribution in [0.15, 0.2) is 58.9 Å². The number of fused-ring (bicyclic) bond motifs is 2. The van der Waals surface area contributed by atoms with Crippen LogP contribution in [0, 0.1) is 0 Å². The highest BCUT2D eigenvalue weighted by Gasteiger charge is 2.26. The molecule has 0 amide bonds. The first kappa shape index (κ1) is 12.4. The minimum atomic E-state index is -0.0741. The Hall–Kier alpha value is -2.33. The zero-order valence-electron chi connectivity index (χ0n) is 10.9. The van der Waals surface area contributed by atoms with Crippen molar-refractivity contribution in [1.29, 1.82) is 0 Å². The van der Waals surface area contributed by atoms with Crippen LogP contribution in [0.25, 0.3) is 17.0 Å². The first-order chi connectivity index (χ1) is 10.2. The molecule has 0 atom stereocenters. The first-order valence-corrected chi connectivity index (χ1v) is 7.31. The fraction of sp³-hybridized carbons (Fsp3) is 0. The molecule has 1 aliphatic rings. The molecule has 0 aliphatic carbocycles. The molecule has 2 aromatic carbocycles. The third kappa shape index (κ3) is 1.99. The number of allylic oxidation sites excluding steroid dienone is 1. The standard InChI is InChI=1S/C17H10BrNO2/c18-11-5-6-14-13(8-11)10(9-19-14)7-16-17(20)12-3-1-2-4-15(12)21-16/h1-9,19H. The van der Waals surface area contributed by atoms with Crippen molar-refractivity contribution in [2.24, 2.45) is 0 Å². The number of rotatable bonds is 1. The molecular formula is C17H10BrNO2. The molecule has 3 aromatic rings. The molecule has 0 saturated carbocycles. The number of halogens is 1. The van der Waals surface area contributed by atoms with Crippen LogP contribution < -0.4 is 4.74 Å². The van der Waals surface area contributed by atoms with Gasteiger partial charge in [0.15, 0.2) is 5.76 Å². The molecule has 0 spiro atoms. The molecule has 1 aromatic heterocycles. The van der Waals surface area contributed by atoms with Crippen molar-refractivity contribution in [1.82, 2.24) is 4.98 Å². The predicted octanol–water partition coefficient (Wildman–Crippen LogP) is 4.55. The molecular weight excluding hydrogens is 330 g/mol. The number of hydrogen-bond acceptors (Lipinski definition) is 2. The summed E-state index contributed by atoms with van der Waals surface area (Å²) in [6.07, 6.45) is 3.66.